The number of para-hydroxylation sites is 1. The first-order valence-electron chi connectivity index (χ1n) is 7.86. The molecule has 2 aromatic rings. The van der Waals surface area contributed by atoms with E-state index >= 15 is 0 Å². The van der Waals surface area contributed by atoms with Crippen molar-refractivity contribution < 1.29 is 4.79 Å². The van der Waals surface area contributed by atoms with Crippen LogP contribution in [0.15, 0.2) is 47.2 Å². The highest BCUT2D eigenvalue weighted by Crippen LogP contribution is 2.29. The lowest BCUT2D eigenvalue weighted by molar-refractivity contribution is -0.119. The van der Waals surface area contributed by atoms with E-state index in [1.807, 2.05) is 35.2 Å². The fraction of sp³-hybridized carbons (Fsp3) is 0.389. The van der Waals surface area contributed by atoms with Crippen LogP contribution in [0, 0.1) is 5.92 Å². The molecule has 0 radical (unpaired) electrons. The van der Waals surface area contributed by atoms with Gasteiger partial charge in [0, 0.05) is 18.2 Å². The number of carbonyl (C=O) groups is 1. The van der Waals surface area contributed by atoms with Crippen molar-refractivity contribution >= 4 is 22.9 Å². The molecule has 2 N–H and O–H groups in total. The highest BCUT2D eigenvalue weighted by atomic mass is 32.1. The molecule has 4 heteroatoms. The van der Waals surface area contributed by atoms with E-state index in [0.717, 1.165) is 24.9 Å². The number of hydrogen-bond donors (Lipinski definition) is 1. The van der Waals surface area contributed by atoms with E-state index in [2.05, 4.69) is 16.8 Å². The molecule has 3 nitrogen and oxygen atoms in total. The van der Waals surface area contributed by atoms with Crippen LogP contribution in [-0.2, 0) is 11.3 Å². The summed E-state index contributed by atoms with van der Waals surface area (Å²) in [6, 6.07) is 12.2. The van der Waals surface area contributed by atoms with Crippen LogP contribution in [0.1, 0.15) is 31.2 Å². The van der Waals surface area contributed by atoms with E-state index in [1.165, 1.54) is 5.56 Å². The quantitative estimate of drug-likeness (QED) is 0.912. The molecule has 0 spiro atoms. The van der Waals surface area contributed by atoms with Crippen molar-refractivity contribution in [2.75, 3.05) is 4.90 Å². The maximum atomic E-state index is 12.8. The number of thiophene rings is 1. The summed E-state index contributed by atoms with van der Waals surface area (Å²) in [7, 11) is 0. The second kappa shape index (κ2) is 7.07. The summed E-state index contributed by atoms with van der Waals surface area (Å²) in [5, 5.41) is 4.15. The lowest BCUT2D eigenvalue weighted by atomic mass is 9.99. The number of rotatable bonds is 5. The van der Waals surface area contributed by atoms with Crippen LogP contribution in [0.5, 0.6) is 0 Å². The third-order valence-corrected chi connectivity index (χ3v) is 5.18. The topological polar surface area (TPSA) is 46.3 Å². The molecular formula is C18H22N2OS. The smallest absolute Gasteiger partial charge is 0.227 e. The van der Waals surface area contributed by atoms with Crippen LogP contribution in [0.4, 0.5) is 5.69 Å². The molecule has 1 amide bonds. The van der Waals surface area contributed by atoms with Crippen molar-refractivity contribution in [3.63, 3.8) is 0 Å². The second-order valence-electron chi connectivity index (χ2n) is 6.01. The maximum Gasteiger partial charge on any atom is 0.227 e. The summed E-state index contributed by atoms with van der Waals surface area (Å²) in [6.07, 6.45) is 3.83. The minimum atomic E-state index is 0.180. The molecule has 1 aliphatic carbocycles. The summed E-state index contributed by atoms with van der Waals surface area (Å²) < 4.78 is 0. The molecule has 116 valence electrons. The van der Waals surface area contributed by atoms with Crippen molar-refractivity contribution in [1.29, 1.82) is 0 Å². The molecule has 1 aliphatic rings. The SMILES string of the molecule is N[C@@H]1CCC[C@H]1CC(=O)N(Cc1ccsc1)c1ccccc1. The minimum absolute atomic E-state index is 0.180. The Morgan fingerprint density at radius 2 is 2.05 bits per heavy atom. The summed E-state index contributed by atoms with van der Waals surface area (Å²) >= 11 is 1.66. The lowest BCUT2D eigenvalue weighted by Crippen LogP contribution is -2.35. The first-order chi connectivity index (χ1) is 10.7. The molecule has 1 aromatic carbocycles. The fourth-order valence-corrected chi connectivity index (χ4v) is 3.81. The number of amides is 1. The third-order valence-electron chi connectivity index (χ3n) is 4.44. The van der Waals surface area contributed by atoms with Crippen LogP contribution < -0.4 is 10.6 Å². The van der Waals surface area contributed by atoms with Gasteiger partial charge < -0.3 is 10.6 Å². The summed E-state index contributed by atoms with van der Waals surface area (Å²) in [5.41, 5.74) is 8.27. The standard InChI is InChI=1S/C18H22N2OS/c19-17-8-4-5-15(17)11-18(21)20(12-14-9-10-22-13-14)16-6-2-1-3-7-16/h1-3,6-7,9-10,13,15,17H,4-5,8,11-12,19H2/t15-,17+/m0/s1. The average Bonchev–Trinajstić information content (AvgIpc) is 3.18. The largest absolute Gasteiger partial charge is 0.327 e. The molecule has 3 rings (SSSR count). The number of benzene rings is 1. The first-order valence-corrected chi connectivity index (χ1v) is 8.80. The highest BCUT2D eigenvalue weighted by Gasteiger charge is 2.28. The van der Waals surface area contributed by atoms with Crippen LogP contribution in [0.2, 0.25) is 0 Å². The van der Waals surface area contributed by atoms with Gasteiger partial charge in [-0.25, -0.2) is 0 Å². The molecule has 0 unspecified atom stereocenters. The molecule has 0 bridgehead atoms. The van der Waals surface area contributed by atoms with Crippen LogP contribution in [0.3, 0.4) is 0 Å². The van der Waals surface area contributed by atoms with E-state index in [1.54, 1.807) is 11.3 Å². The Bertz CT molecular complexity index is 597. The number of nitrogens with zero attached hydrogens (tertiary/aromatic N) is 1. The average molecular weight is 314 g/mol. The normalized spacial score (nSPS) is 21.0. The molecule has 22 heavy (non-hydrogen) atoms. The van der Waals surface area contributed by atoms with E-state index in [0.29, 0.717) is 18.9 Å². The van der Waals surface area contributed by atoms with Crippen LogP contribution >= 0.6 is 11.3 Å². The zero-order chi connectivity index (χ0) is 15.4. The van der Waals surface area contributed by atoms with E-state index in [4.69, 9.17) is 5.73 Å². The number of hydrogen-bond acceptors (Lipinski definition) is 3. The molecule has 1 saturated carbocycles. The minimum Gasteiger partial charge on any atom is -0.327 e. The Kier molecular flexibility index (Phi) is 4.90. The van der Waals surface area contributed by atoms with Gasteiger partial charge in [0.15, 0.2) is 0 Å². The number of anilines is 1. The van der Waals surface area contributed by atoms with Crippen LogP contribution in [-0.4, -0.2) is 11.9 Å². The number of carbonyl (C=O) groups excluding carboxylic acids is 1. The summed E-state index contributed by atoms with van der Waals surface area (Å²) in [6.45, 7) is 0.633. The molecular weight excluding hydrogens is 292 g/mol. The lowest BCUT2D eigenvalue weighted by Gasteiger charge is -2.25. The molecule has 2 atom stereocenters. The van der Waals surface area contributed by atoms with Gasteiger partial charge in [-0.2, -0.15) is 11.3 Å². The Balaban J connectivity index is 1.76. The van der Waals surface area contributed by atoms with Crippen LogP contribution in [0.25, 0.3) is 0 Å². The number of nitrogens with two attached hydrogens (primary N) is 1. The molecule has 0 aliphatic heterocycles. The Hall–Kier alpha value is -1.65. The predicted molar refractivity (Wildman–Crippen MR) is 91.9 cm³/mol. The van der Waals surface area contributed by atoms with Gasteiger partial charge in [0.05, 0.1) is 6.54 Å². The zero-order valence-electron chi connectivity index (χ0n) is 12.7. The van der Waals surface area contributed by atoms with E-state index in [-0.39, 0.29) is 11.9 Å². The van der Waals surface area contributed by atoms with E-state index < -0.39 is 0 Å². The van der Waals surface area contributed by atoms with Gasteiger partial charge in [0.2, 0.25) is 5.91 Å². The predicted octanol–water partition coefficient (Wildman–Crippen LogP) is 3.80. The van der Waals surface area contributed by atoms with Gasteiger partial charge in [0.1, 0.15) is 0 Å². The van der Waals surface area contributed by atoms with Crippen molar-refractivity contribution in [3.05, 3.63) is 52.7 Å². The third kappa shape index (κ3) is 3.57. The Morgan fingerprint density at radius 3 is 2.68 bits per heavy atom. The zero-order valence-corrected chi connectivity index (χ0v) is 13.5. The molecule has 1 aromatic heterocycles. The first kappa shape index (κ1) is 15.3. The van der Waals surface area contributed by atoms with Gasteiger partial charge in [0.25, 0.3) is 0 Å². The van der Waals surface area contributed by atoms with Crippen molar-refractivity contribution in [2.24, 2.45) is 11.7 Å². The Morgan fingerprint density at radius 1 is 1.23 bits per heavy atom. The maximum absolute atomic E-state index is 12.8. The monoisotopic (exact) mass is 314 g/mol. The fourth-order valence-electron chi connectivity index (χ4n) is 3.15. The summed E-state index contributed by atoms with van der Waals surface area (Å²) in [5.74, 6) is 0.515. The van der Waals surface area contributed by atoms with Crippen molar-refractivity contribution in [3.8, 4) is 0 Å². The van der Waals surface area contributed by atoms with Crippen molar-refractivity contribution in [1.82, 2.24) is 0 Å². The van der Waals surface area contributed by atoms with Gasteiger partial charge >= 0.3 is 0 Å². The highest BCUT2D eigenvalue weighted by molar-refractivity contribution is 7.07. The van der Waals surface area contributed by atoms with Crippen molar-refractivity contribution in [2.45, 2.75) is 38.3 Å². The van der Waals surface area contributed by atoms with Gasteiger partial charge in [-0.15, -0.1) is 0 Å². The molecule has 1 fully saturated rings. The second-order valence-corrected chi connectivity index (χ2v) is 6.79. The Labute approximate surface area is 135 Å². The summed E-state index contributed by atoms with van der Waals surface area (Å²) in [4.78, 5) is 14.7. The van der Waals surface area contributed by atoms with E-state index in [9.17, 15) is 4.79 Å². The van der Waals surface area contributed by atoms with Gasteiger partial charge in [-0.05, 0) is 53.3 Å². The van der Waals surface area contributed by atoms with Gasteiger partial charge in [-0.1, -0.05) is 24.6 Å². The van der Waals surface area contributed by atoms with Gasteiger partial charge in [-0.3, -0.25) is 4.79 Å². The molecule has 1 heterocycles. The molecule has 0 saturated heterocycles.